The van der Waals surface area contributed by atoms with Gasteiger partial charge in [0.2, 0.25) is 0 Å². The molecule has 7 heteroatoms. The molecule has 0 aliphatic carbocycles. The van der Waals surface area contributed by atoms with E-state index in [2.05, 4.69) is 21.2 Å². The number of anilines is 1. The van der Waals surface area contributed by atoms with Crippen LogP contribution in [0.3, 0.4) is 0 Å². The first kappa shape index (κ1) is 22.5. The normalized spacial score (nSPS) is 10.6. The van der Waals surface area contributed by atoms with E-state index in [9.17, 15) is 4.79 Å². The average molecular weight is 509 g/mol. The molecule has 1 amide bonds. The Kier molecular flexibility index (Phi) is 7.64. The second-order valence-corrected chi connectivity index (χ2v) is 8.27. The molecular formula is C23H20BrCl2NO3. The van der Waals surface area contributed by atoms with Crippen LogP contribution in [0.2, 0.25) is 10.0 Å². The number of rotatable bonds is 7. The molecule has 0 radical (unpaired) electrons. The Morgan fingerprint density at radius 3 is 2.43 bits per heavy atom. The van der Waals surface area contributed by atoms with Gasteiger partial charge >= 0.3 is 0 Å². The highest BCUT2D eigenvalue weighted by Crippen LogP contribution is 2.38. The third-order valence-electron chi connectivity index (χ3n) is 4.25. The van der Waals surface area contributed by atoms with Gasteiger partial charge in [0, 0.05) is 10.6 Å². The van der Waals surface area contributed by atoms with Gasteiger partial charge in [-0.1, -0.05) is 53.0 Å². The smallest absolute Gasteiger partial charge is 0.255 e. The van der Waals surface area contributed by atoms with Crippen molar-refractivity contribution in [2.24, 2.45) is 0 Å². The number of amides is 1. The highest BCUT2D eigenvalue weighted by molar-refractivity contribution is 9.10. The largest absolute Gasteiger partial charge is 0.490 e. The SMILES string of the molecule is CCOc1cc(C(=O)Nc2ccc(Cl)cc2Cl)cc(Br)c1OCc1ccc(C)cc1. The van der Waals surface area contributed by atoms with E-state index in [1.807, 2.05) is 38.1 Å². The summed E-state index contributed by atoms with van der Waals surface area (Å²) in [6, 6.07) is 16.3. The number of carbonyl (C=O) groups is 1. The van der Waals surface area contributed by atoms with Gasteiger partial charge in [0.1, 0.15) is 6.61 Å². The second kappa shape index (κ2) is 10.2. The molecule has 1 N–H and O–H groups in total. The van der Waals surface area contributed by atoms with Crippen LogP contribution in [0.5, 0.6) is 11.5 Å². The zero-order valence-corrected chi connectivity index (χ0v) is 19.6. The molecule has 0 atom stereocenters. The summed E-state index contributed by atoms with van der Waals surface area (Å²) < 4.78 is 12.3. The van der Waals surface area contributed by atoms with Crippen molar-refractivity contribution in [3.63, 3.8) is 0 Å². The summed E-state index contributed by atoms with van der Waals surface area (Å²) in [5, 5.41) is 3.64. The van der Waals surface area contributed by atoms with Crippen molar-refractivity contribution >= 4 is 50.7 Å². The molecule has 4 nitrogen and oxygen atoms in total. The standard InChI is InChI=1S/C23H20BrCl2NO3/c1-3-29-21-11-16(23(28)27-20-9-8-17(25)12-19(20)26)10-18(24)22(21)30-13-15-6-4-14(2)5-7-15/h4-12H,3,13H2,1-2H3,(H,27,28). The Labute approximate surface area is 194 Å². The maximum atomic E-state index is 12.8. The molecule has 30 heavy (non-hydrogen) atoms. The molecule has 0 saturated heterocycles. The predicted molar refractivity (Wildman–Crippen MR) is 125 cm³/mol. The molecule has 0 unspecified atom stereocenters. The van der Waals surface area contributed by atoms with Gasteiger partial charge < -0.3 is 14.8 Å². The molecule has 0 aromatic heterocycles. The maximum Gasteiger partial charge on any atom is 0.255 e. The number of halogens is 3. The third-order valence-corrected chi connectivity index (χ3v) is 5.39. The molecule has 156 valence electrons. The molecule has 0 saturated carbocycles. The van der Waals surface area contributed by atoms with Crippen LogP contribution in [0, 0.1) is 6.92 Å². The summed E-state index contributed by atoms with van der Waals surface area (Å²) in [5.41, 5.74) is 3.10. The Hall–Kier alpha value is -2.21. The van der Waals surface area contributed by atoms with Gasteiger partial charge in [0.15, 0.2) is 11.5 Å². The molecule has 0 bridgehead atoms. The zero-order valence-electron chi connectivity index (χ0n) is 16.5. The zero-order chi connectivity index (χ0) is 21.7. The minimum Gasteiger partial charge on any atom is -0.490 e. The fraction of sp³-hybridized carbons (Fsp3) is 0.174. The topological polar surface area (TPSA) is 47.6 Å². The van der Waals surface area contributed by atoms with E-state index >= 15 is 0 Å². The molecule has 0 fully saturated rings. The Bertz CT molecular complexity index is 1060. The first-order valence-corrected chi connectivity index (χ1v) is 10.8. The van der Waals surface area contributed by atoms with Crippen molar-refractivity contribution < 1.29 is 14.3 Å². The Morgan fingerprint density at radius 1 is 1.03 bits per heavy atom. The van der Waals surface area contributed by atoms with E-state index in [4.69, 9.17) is 32.7 Å². The van der Waals surface area contributed by atoms with Crippen LogP contribution in [0.15, 0.2) is 59.1 Å². The second-order valence-electron chi connectivity index (χ2n) is 6.57. The van der Waals surface area contributed by atoms with Crippen molar-refractivity contribution in [3.8, 4) is 11.5 Å². The van der Waals surface area contributed by atoms with Crippen molar-refractivity contribution in [2.45, 2.75) is 20.5 Å². The van der Waals surface area contributed by atoms with E-state index in [0.717, 1.165) is 5.56 Å². The van der Waals surface area contributed by atoms with E-state index in [-0.39, 0.29) is 5.91 Å². The predicted octanol–water partition coefficient (Wildman–Crippen LogP) is 7.29. The van der Waals surface area contributed by atoms with Crippen molar-refractivity contribution in [1.82, 2.24) is 0 Å². The van der Waals surface area contributed by atoms with Gasteiger partial charge in [-0.15, -0.1) is 0 Å². The Balaban J connectivity index is 1.82. The summed E-state index contributed by atoms with van der Waals surface area (Å²) in [4.78, 5) is 12.8. The Morgan fingerprint density at radius 2 is 1.77 bits per heavy atom. The molecule has 0 aliphatic rings. The van der Waals surface area contributed by atoms with Crippen molar-refractivity contribution in [2.75, 3.05) is 11.9 Å². The van der Waals surface area contributed by atoms with Crippen LogP contribution >= 0.6 is 39.1 Å². The quantitative estimate of drug-likeness (QED) is 0.364. The lowest BCUT2D eigenvalue weighted by Gasteiger charge is -2.16. The van der Waals surface area contributed by atoms with Crippen LogP contribution in [0.1, 0.15) is 28.4 Å². The van der Waals surface area contributed by atoms with Gasteiger partial charge in [0.25, 0.3) is 5.91 Å². The molecular weight excluding hydrogens is 489 g/mol. The van der Waals surface area contributed by atoms with Crippen LogP contribution in [0.25, 0.3) is 0 Å². The number of aryl methyl sites for hydroxylation is 1. The molecule has 3 aromatic carbocycles. The van der Waals surface area contributed by atoms with Gasteiger partial charge in [-0.3, -0.25) is 4.79 Å². The average Bonchev–Trinajstić information content (AvgIpc) is 2.70. The first-order valence-electron chi connectivity index (χ1n) is 9.28. The number of benzene rings is 3. The van der Waals surface area contributed by atoms with Crippen LogP contribution in [-0.4, -0.2) is 12.5 Å². The lowest BCUT2D eigenvalue weighted by molar-refractivity contribution is 0.102. The molecule has 3 rings (SSSR count). The summed E-state index contributed by atoms with van der Waals surface area (Å²) in [5.74, 6) is 0.691. The maximum absolute atomic E-state index is 12.8. The van der Waals surface area contributed by atoms with Crippen LogP contribution < -0.4 is 14.8 Å². The third kappa shape index (κ3) is 5.69. The highest BCUT2D eigenvalue weighted by atomic mass is 79.9. The van der Waals surface area contributed by atoms with Crippen molar-refractivity contribution in [1.29, 1.82) is 0 Å². The molecule has 0 heterocycles. The van der Waals surface area contributed by atoms with Gasteiger partial charge in [-0.25, -0.2) is 0 Å². The van der Waals surface area contributed by atoms with Crippen LogP contribution in [-0.2, 0) is 6.61 Å². The number of carbonyl (C=O) groups excluding carboxylic acids is 1. The number of nitrogens with one attached hydrogen (secondary N) is 1. The highest BCUT2D eigenvalue weighted by Gasteiger charge is 2.17. The van der Waals surface area contributed by atoms with E-state index < -0.39 is 0 Å². The first-order chi connectivity index (χ1) is 14.4. The minimum absolute atomic E-state index is 0.328. The van der Waals surface area contributed by atoms with Gasteiger partial charge in [-0.2, -0.15) is 0 Å². The number of hydrogen-bond acceptors (Lipinski definition) is 3. The minimum atomic E-state index is -0.328. The summed E-state index contributed by atoms with van der Waals surface area (Å²) >= 11 is 15.6. The molecule has 0 aliphatic heterocycles. The molecule has 0 spiro atoms. The van der Waals surface area contributed by atoms with Crippen molar-refractivity contribution in [3.05, 3.63) is 85.8 Å². The van der Waals surface area contributed by atoms with Gasteiger partial charge in [-0.05, 0) is 65.7 Å². The van der Waals surface area contributed by atoms with Gasteiger partial charge in [0.05, 0.1) is 21.8 Å². The number of ether oxygens (including phenoxy) is 2. The molecule has 3 aromatic rings. The van der Waals surface area contributed by atoms with E-state index in [0.29, 0.717) is 50.5 Å². The van der Waals surface area contributed by atoms with Crippen LogP contribution in [0.4, 0.5) is 5.69 Å². The summed E-state index contributed by atoms with van der Waals surface area (Å²) in [7, 11) is 0. The van der Waals surface area contributed by atoms with E-state index in [1.165, 1.54) is 5.56 Å². The fourth-order valence-electron chi connectivity index (χ4n) is 2.73. The monoisotopic (exact) mass is 507 g/mol. The lowest BCUT2D eigenvalue weighted by Crippen LogP contribution is -2.13. The summed E-state index contributed by atoms with van der Waals surface area (Å²) in [6.07, 6.45) is 0. The summed E-state index contributed by atoms with van der Waals surface area (Å²) in [6.45, 7) is 4.72. The lowest BCUT2D eigenvalue weighted by atomic mass is 10.1. The fourth-order valence-corrected chi connectivity index (χ4v) is 3.74. The van der Waals surface area contributed by atoms with E-state index in [1.54, 1.807) is 30.3 Å². The number of hydrogen-bond donors (Lipinski definition) is 1.